The Bertz CT molecular complexity index is 3030. The first-order chi connectivity index (χ1) is 36.0. The van der Waals surface area contributed by atoms with E-state index in [0.29, 0.717) is 35.2 Å². The van der Waals surface area contributed by atoms with Gasteiger partial charge in [-0.1, -0.05) is 103 Å². The van der Waals surface area contributed by atoms with Crippen molar-refractivity contribution in [2.45, 2.75) is 83.8 Å². The fraction of sp³-hybridized carbons (Fsp3) is 0.254. The van der Waals surface area contributed by atoms with Crippen molar-refractivity contribution < 1.29 is 10.2 Å². The molecular weight excluding hydrogens is 915 g/mol. The molecule has 11 nitrogen and oxygen atoms in total. The number of hydrogen-bond acceptors (Lipinski definition) is 5. The highest BCUT2D eigenvalue weighted by Gasteiger charge is 2.51. The number of benzene rings is 8. The van der Waals surface area contributed by atoms with E-state index in [4.69, 9.17) is 9.98 Å². The van der Waals surface area contributed by atoms with E-state index < -0.39 is 0 Å². The zero-order chi connectivity index (χ0) is 51.3. The van der Waals surface area contributed by atoms with Crippen molar-refractivity contribution in [1.82, 2.24) is 10.6 Å². The lowest BCUT2D eigenvalue weighted by Crippen LogP contribution is -2.62. The van der Waals surface area contributed by atoms with Gasteiger partial charge in [0.05, 0.1) is 11.4 Å². The Morgan fingerprint density at radius 1 is 0.459 bits per heavy atom. The molecule has 74 heavy (non-hydrogen) atoms. The normalized spacial score (nSPS) is 18.6. The van der Waals surface area contributed by atoms with Crippen LogP contribution in [0.3, 0.4) is 0 Å². The molecule has 4 fully saturated rings. The smallest absolute Gasteiger partial charge is 0.205 e. The number of fused-ring (bicyclic) bond motifs is 2. The molecule has 0 aliphatic heterocycles. The molecular formula is C63H69N9O2. The molecule has 4 saturated carbocycles. The van der Waals surface area contributed by atoms with Crippen molar-refractivity contribution in [3.8, 4) is 11.5 Å². The van der Waals surface area contributed by atoms with Crippen LogP contribution in [0.5, 0.6) is 11.5 Å². The summed E-state index contributed by atoms with van der Waals surface area (Å²) in [5.74, 6) is 5.57. The maximum Gasteiger partial charge on any atom is 0.205 e. The average molecular weight is 984 g/mol. The van der Waals surface area contributed by atoms with E-state index in [0.717, 1.165) is 62.9 Å². The third-order valence-corrected chi connectivity index (χ3v) is 13.5. The van der Waals surface area contributed by atoms with Gasteiger partial charge in [0, 0.05) is 51.1 Å². The lowest BCUT2D eigenvalue weighted by Gasteiger charge is -2.57. The molecule has 4 aliphatic carbocycles. The van der Waals surface area contributed by atoms with E-state index in [9.17, 15) is 10.2 Å². The maximum absolute atomic E-state index is 9.39. The van der Waals surface area contributed by atoms with Gasteiger partial charge >= 0.3 is 0 Å². The van der Waals surface area contributed by atoms with Crippen LogP contribution < -0.4 is 31.9 Å². The first-order valence-electron chi connectivity index (χ1n) is 26.0. The molecule has 0 saturated heterocycles. The number of aliphatic imine (C=N–C) groups is 3. The predicted octanol–water partition coefficient (Wildman–Crippen LogP) is 14.8. The predicted molar refractivity (Wildman–Crippen MR) is 311 cm³/mol. The summed E-state index contributed by atoms with van der Waals surface area (Å²) in [7, 11) is 0. The second-order valence-corrected chi connectivity index (χ2v) is 20.4. The van der Waals surface area contributed by atoms with Crippen LogP contribution in [-0.4, -0.2) is 45.7 Å². The van der Waals surface area contributed by atoms with Crippen LogP contribution >= 0.6 is 0 Å². The van der Waals surface area contributed by atoms with Crippen molar-refractivity contribution in [3.63, 3.8) is 0 Å². The van der Waals surface area contributed by atoms with Crippen LogP contribution in [0.25, 0.3) is 21.5 Å². The van der Waals surface area contributed by atoms with Gasteiger partial charge in [-0.15, -0.1) is 0 Å². The summed E-state index contributed by atoms with van der Waals surface area (Å²) in [5.41, 5.74) is 5.62. The molecule has 4 aliphatic rings. The molecule has 0 spiro atoms. The standard InChI is InChI=1S/C27H21N3.C19H17N3O2.C17H31N3/c1-3-13-22(14-4-1)28-27(29-23-15-5-2-6-16-23)30-26-24-17-9-7-11-20(24)19-21-12-8-10-18-25(21)26;23-17-10-6-15(7-11-17)21-19(20-14-4-2-1-3-5-14)22-16-8-12-18(24)13-9-16;1-11(2)18-16(19-12(3)4)20-17-8-13-5-14(9-17)7-15(6-13)10-17/h1-19H,(H2,28,29,30);1-13,23-24H,(H2,20,21,22);11-15H,5-10H2,1-4H3,(H2,18,19,20). The molecule has 0 amide bonds. The number of para-hydroxylation sites is 3. The number of phenolic OH excluding ortho intramolecular Hbond substituents is 2. The molecule has 0 radical (unpaired) electrons. The molecule has 0 aromatic heterocycles. The molecule has 8 aromatic carbocycles. The summed E-state index contributed by atoms with van der Waals surface area (Å²) in [6.45, 7) is 8.70. The van der Waals surface area contributed by atoms with Crippen molar-refractivity contribution in [1.29, 1.82) is 0 Å². The molecule has 11 heteroatoms. The summed E-state index contributed by atoms with van der Waals surface area (Å²) in [6, 6.07) is 63.0. The highest BCUT2D eigenvalue weighted by Crippen LogP contribution is 2.55. The van der Waals surface area contributed by atoms with E-state index >= 15 is 0 Å². The number of rotatable bonds is 9. The summed E-state index contributed by atoms with van der Waals surface area (Å²) in [4.78, 5) is 14.4. The van der Waals surface area contributed by atoms with Gasteiger partial charge < -0.3 is 42.1 Å². The van der Waals surface area contributed by atoms with Crippen LogP contribution in [-0.2, 0) is 0 Å². The first kappa shape index (κ1) is 50.6. The molecule has 0 heterocycles. The molecule has 0 atom stereocenters. The van der Waals surface area contributed by atoms with Crippen LogP contribution in [0, 0.1) is 17.8 Å². The maximum atomic E-state index is 9.39. The Morgan fingerprint density at radius 2 is 0.851 bits per heavy atom. The molecule has 4 bridgehead atoms. The number of phenols is 2. The zero-order valence-electron chi connectivity index (χ0n) is 42.8. The summed E-state index contributed by atoms with van der Waals surface area (Å²) in [5, 5.41) is 44.0. The molecule has 12 rings (SSSR count). The minimum absolute atomic E-state index is 0.193. The van der Waals surface area contributed by atoms with E-state index in [-0.39, 0.29) is 11.5 Å². The summed E-state index contributed by atoms with van der Waals surface area (Å²) >= 11 is 0. The van der Waals surface area contributed by atoms with Crippen molar-refractivity contribution >= 4 is 73.5 Å². The number of guanidine groups is 3. The zero-order valence-corrected chi connectivity index (χ0v) is 42.8. The van der Waals surface area contributed by atoms with Crippen LogP contribution in [0.2, 0.25) is 0 Å². The van der Waals surface area contributed by atoms with Gasteiger partial charge in [0.1, 0.15) is 11.5 Å². The Kier molecular flexibility index (Phi) is 16.4. The van der Waals surface area contributed by atoms with E-state index in [2.05, 4.69) is 119 Å². The highest BCUT2D eigenvalue weighted by molar-refractivity contribution is 6.14. The van der Waals surface area contributed by atoms with Crippen LogP contribution in [0.15, 0.2) is 209 Å². The first-order valence-corrected chi connectivity index (χ1v) is 26.0. The van der Waals surface area contributed by atoms with Gasteiger partial charge in [-0.2, -0.15) is 0 Å². The van der Waals surface area contributed by atoms with Crippen LogP contribution in [0.1, 0.15) is 66.2 Å². The summed E-state index contributed by atoms with van der Waals surface area (Å²) in [6.07, 6.45) is 8.60. The van der Waals surface area contributed by atoms with Gasteiger partial charge in [-0.05, 0) is 186 Å². The second-order valence-electron chi connectivity index (χ2n) is 20.4. The van der Waals surface area contributed by atoms with Gasteiger partial charge in [0.25, 0.3) is 0 Å². The largest absolute Gasteiger partial charge is 0.508 e. The van der Waals surface area contributed by atoms with Gasteiger partial charge in [-0.3, -0.25) is 4.99 Å². The third-order valence-electron chi connectivity index (χ3n) is 13.5. The lowest BCUT2D eigenvalue weighted by atomic mass is 9.53. The van der Waals surface area contributed by atoms with Crippen molar-refractivity contribution in [2.24, 2.45) is 32.7 Å². The Hall–Kier alpha value is -8.31. The SMILES string of the molecule is CC(C)N=C(NC(C)C)NC12CC3CC(CC(C3)C1)C2.Oc1ccc(N=C(Nc2ccccc2)Nc2ccc(O)cc2)cc1.c1ccc(NC(=Nc2c3ccccc3cc3ccccc23)Nc2ccccc2)cc1. The number of anilines is 4. The summed E-state index contributed by atoms with van der Waals surface area (Å²) < 4.78 is 0. The molecule has 0 unspecified atom stereocenters. The fourth-order valence-electron chi connectivity index (χ4n) is 10.9. The van der Waals surface area contributed by atoms with Crippen molar-refractivity contribution in [2.75, 3.05) is 21.3 Å². The van der Waals surface area contributed by atoms with Gasteiger partial charge in [0.2, 0.25) is 11.9 Å². The second kappa shape index (κ2) is 23.9. The average Bonchev–Trinajstić information content (AvgIpc) is 3.38. The number of hydrogen-bond donors (Lipinski definition) is 8. The van der Waals surface area contributed by atoms with E-state index in [1.54, 1.807) is 48.5 Å². The third kappa shape index (κ3) is 14.0. The highest BCUT2D eigenvalue weighted by atomic mass is 16.3. The van der Waals surface area contributed by atoms with Gasteiger partial charge in [0.15, 0.2) is 5.96 Å². The minimum Gasteiger partial charge on any atom is -0.508 e. The van der Waals surface area contributed by atoms with Crippen LogP contribution in [0.4, 0.5) is 34.1 Å². The number of nitrogens with one attached hydrogen (secondary N) is 6. The quantitative estimate of drug-likeness (QED) is 0.0308. The fourth-order valence-corrected chi connectivity index (χ4v) is 10.9. The molecule has 8 aromatic rings. The topological polar surface area (TPSA) is 150 Å². The Balaban J connectivity index is 0.000000139. The minimum atomic E-state index is 0.193. The molecule has 378 valence electrons. The van der Waals surface area contributed by atoms with E-state index in [1.807, 2.05) is 91.0 Å². The Labute approximate surface area is 436 Å². The lowest BCUT2D eigenvalue weighted by molar-refractivity contribution is -0.0106. The number of nitrogens with zero attached hydrogens (tertiary/aromatic N) is 3. The van der Waals surface area contributed by atoms with Crippen molar-refractivity contribution in [3.05, 3.63) is 194 Å². The Morgan fingerprint density at radius 3 is 1.28 bits per heavy atom. The monoisotopic (exact) mass is 984 g/mol. The van der Waals surface area contributed by atoms with E-state index in [1.165, 1.54) is 49.3 Å². The number of aromatic hydroxyl groups is 2. The molecule has 8 N–H and O–H groups in total. The van der Waals surface area contributed by atoms with Gasteiger partial charge in [-0.25, -0.2) is 9.98 Å².